The van der Waals surface area contributed by atoms with Crippen LogP contribution in [0.3, 0.4) is 0 Å². The standard InChI is InChI=1S/C20H28ClNO2S/c1-13-19(23)22(18(15-5-6-15)12-25-20(2,3)4)17(11-24-13)14-7-9-16(21)10-8-14/h7-10,13,15,17-18H,5-6,11-12H2,1-4H3/t13?,17-,18?/m0/s1. The van der Waals surface area contributed by atoms with Gasteiger partial charge in [0.2, 0.25) is 0 Å². The van der Waals surface area contributed by atoms with Crippen LogP contribution in [0, 0.1) is 5.92 Å². The maximum absolute atomic E-state index is 13.0. The molecule has 3 atom stereocenters. The van der Waals surface area contributed by atoms with E-state index in [1.54, 1.807) is 0 Å². The summed E-state index contributed by atoms with van der Waals surface area (Å²) in [5.41, 5.74) is 1.11. The summed E-state index contributed by atoms with van der Waals surface area (Å²) < 4.78 is 5.98. The second kappa shape index (κ2) is 7.50. The van der Waals surface area contributed by atoms with E-state index in [1.807, 2.05) is 43.0 Å². The van der Waals surface area contributed by atoms with Gasteiger partial charge in [-0.25, -0.2) is 0 Å². The van der Waals surface area contributed by atoms with Crippen molar-refractivity contribution in [3.8, 4) is 0 Å². The van der Waals surface area contributed by atoms with Gasteiger partial charge in [0.25, 0.3) is 5.91 Å². The van der Waals surface area contributed by atoms with Crippen molar-refractivity contribution in [3.63, 3.8) is 0 Å². The van der Waals surface area contributed by atoms with E-state index in [0.717, 1.165) is 11.3 Å². The Hall–Kier alpha value is -0.710. The molecular weight excluding hydrogens is 354 g/mol. The Morgan fingerprint density at radius 1 is 1.28 bits per heavy atom. The lowest BCUT2D eigenvalue weighted by Gasteiger charge is -2.44. The van der Waals surface area contributed by atoms with Gasteiger partial charge >= 0.3 is 0 Å². The summed E-state index contributed by atoms with van der Waals surface area (Å²) >= 11 is 8.00. The van der Waals surface area contributed by atoms with Gasteiger partial charge < -0.3 is 9.64 Å². The molecular formula is C20H28ClNO2S. The monoisotopic (exact) mass is 381 g/mol. The number of rotatable bonds is 5. The third kappa shape index (κ3) is 4.72. The Bertz CT molecular complexity index is 609. The van der Waals surface area contributed by atoms with Crippen LogP contribution in [-0.2, 0) is 9.53 Å². The molecule has 1 saturated carbocycles. The SMILES string of the molecule is CC1OC[C@@H](c2ccc(Cl)cc2)N(C(CSC(C)(C)C)C2CC2)C1=O. The molecule has 2 aliphatic rings. The average Bonchev–Trinajstić information content (AvgIpc) is 3.36. The lowest BCUT2D eigenvalue weighted by molar-refractivity contribution is -0.162. The summed E-state index contributed by atoms with van der Waals surface area (Å²) in [5.74, 6) is 1.73. The normalized spacial score (nSPS) is 26.0. The Kier molecular flexibility index (Phi) is 5.72. The lowest BCUT2D eigenvalue weighted by atomic mass is 9.99. The fourth-order valence-corrected chi connectivity index (χ4v) is 4.58. The molecule has 138 valence electrons. The van der Waals surface area contributed by atoms with Crippen molar-refractivity contribution < 1.29 is 9.53 Å². The number of carbonyl (C=O) groups is 1. The van der Waals surface area contributed by atoms with E-state index in [4.69, 9.17) is 16.3 Å². The van der Waals surface area contributed by atoms with Crippen LogP contribution in [-0.4, -0.2) is 40.1 Å². The fraction of sp³-hybridized carbons (Fsp3) is 0.650. The van der Waals surface area contributed by atoms with Crippen LogP contribution in [0.2, 0.25) is 5.02 Å². The summed E-state index contributed by atoms with van der Waals surface area (Å²) in [6.07, 6.45) is 2.09. The highest BCUT2D eigenvalue weighted by molar-refractivity contribution is 8.00. The zero-order valence-corrected chi connectivity index (χ0v) is 17.1. The van der Waals surface area contributed by atoms with E-state index in [0.29, 0.717) is 17.5 Å². The van der Waals surface area contributed by atoms with Crippen LogP contribution in [0.1, 0.15) is 52.1 Å². The summed E-state index contributed by atoms with van der Waals surface area (Å²) in [7, 11) is 0. The van der Waals surface area contributed by atoms with Gasteiger partial charge in [-0.2, -0.15) is 11.8 Å². The predicted molar refractivity (Wildman–Crippen MR) is 105 cm³/mol. The van der Waals surface area contributed by atoms with E-state index < -0.39 is 0 Å². The predicted octanol–water partition coefficient (Wildman–Crippen LogP) is 4.94. The molecule has 1 saturated heterocycles. The highest BCUT2D eigenvalue weighted by Gasteiger charge is 2.45. The van der Waals surface area contributed by atoms with Crippen LogP contribution in [0.25, 0.3) is 0 Å². The van der Waals surface area contributed by atoms with Crippen LogP contribution in [0.5, 0.6) is 0 Å². The number of thioether (sulfide) groups is 1. The molecule has 1 aliphatic heterocycles. The molecule has 0 bridgehead atoms. The average molecular weight is 382 g/mol. The van der Waals surface area contributed by atoms with Crippen LogP contribution < -0.4 is 0 Å². The molecule has 2 fully saturated rings. The molecule has 3 nitrogen and oxygen atoms in total. The molecule has 1 aromatic carbocycles. The van der Waals surface area contributed by atoms with E-state index >= 15 is 0 Å². The summed E-state index contributed by atoms with van der Waals surface area (Å²) in [6.45, 7) is 9.14. The molecule has 0 spiro atoms. The van der Waals surface area contributed by atoms with Gasteiger partial charge in [-0.05, 0) is 43.4 Å². The van der Waals surface area contributed by atoms with Gasteiger partial charge in [0, 0.05) is 21.6 Å². The van der Waals surface area contributed by atoms with Crippen LogP contribution in [0.4, 0.5) is 0 Å². The van der Waals surface area contributed by atoms with Gasteiger partial charge in [-0.3, -0.25) is 4.79 Å². The van der Waals surface area contributed by atoms with Crippen molar-refractivity contribution in [2.45, 2.75) is 63.5 Å². The van der Waals surface area contributed by atoms with Crippen molar-refractivity contribution in [2.24, 2.45) is 5.92 Å². The van der Waals surface area contributed by atoms with E-state index in [-0.39, 0.29) is 28.8 Å². The zero-order valence-electron chi connectivity index (χ0n) is 15.5. The number of ether oxygens (including phenoxy) is 1. The van der Waals surface area contributed by atoms with Crippen molar-refractivity contribution in [2.75, 3.05) is 12.4 Å². The maximum Gasteiger partial charge on any atom is 0.252 e. The highest BCUT2D eigenvalue weighted by atomic mass is 35.5. The second-order valence-corrected chi connectivity index (χ2v) is 10.4. The summed E-state index contributed by atoms with van der Waals surface area (Å²) in [4.78, 5) is 15.2. The smallest absolute Gasteiger partial charge is 0.252 e. The number of morpholine rings is 1. The second-order valence-electron chi connectivity index (χ2n) is 8.12. The maximum atomic E-state index is 13.0. The number of amides is 1. The quantitative estimate of drug-likeness (QED) is 0.723. The lowest BCUT2D eigenvalue weighted by Crippen LogP contribution is -2.54. The molecule has 5 heteroatoms. The Morgan fingerprint density at radius 2 is 1.92 bits per heavy atom. The first-order valence-electron chi connectivity index (χ1n) is 9.09. The van der Waals surface area contributed by atoms with Crippen LogP contribution >= 0.6 is 23.4 Å². The highest BCUT2D eigenvalue weighted by Crippen LogP contribution is 2.43. The van der Waals surface area contributed by atoms with Gasteiger partial charge in [0.05, 0.1) is 12.6 Å². The fourth-order valence-electron chi connectivity index (χ4n) is 3.35. The minimum Gasteiger partial charge on any atom is -0.366 e. The minimum atomic E-state index is -0.357. The molecule has 0 N–H and O–H groups in total. The number of hydrogen-bond acceptors (Lipinski definition) is 3. The largest absolute Gasteiger partial charge is 0.366 e. The van der Waals surface area contributed by atoms with Crippen molar-refractivity contribution in [3.05, 3.63) is 34.9 Å². The first-order chi connectivity index (χ1) is 11.8. The van der Waals surface area contributed by atoms with Gasteiger partial charge in [0.15, 0.2) is 0 Å². The number of hydrogen-bond donors (Lipinski definition) is 0. The minimum absolute atomic E-state index is 0.0212. The molecule has 2 unspecified atom stereocenters. The molecule has 25 heavy (non-hydrogen) atoms. The Labute approximate surface area is 160 Å². The third-order valence-electron chi connectivity index (χ3n) is 4.91. The summed E-state index contributed by atoms with van der Waals surface area (Å²) in [6, 6.07) is 8.10. The van der Waals surface area contributed by atoms with E-state index in [9.17, 15) is 4.79 Å². The van der Waals surface area contributed by atoms with Gasteiger partial charge in [0.1, 0.15) is 6.10 Å². The zero-order chi connectivity index (χ0) is 18.2. The first-order valence-corrected chi connectivity index (χ1v) is 10.5. The molecule has 1 aliphatic carbocycles. The number of benzene rings is 1. The molecule has 1 aromatic rings. The number of nitrogens with zero attached hydrogens (tertiary/aromatic N) is 1. The van der Waals surface area contributed by atoms with Crippen molar-refractivity contribution in [1.82, 2.24) is 4.90 Å². The Morgan fingerprint density at radius 3 is 2.48 bits per heavy atom. The Balaban J connectivity index is 1.87. The summed E-state index contributed by atoms with van der Waals surface area (Å²) in [5, 5.41) is 0.716. The van der Waals surface area contributed by atoms with Gasteiger partial charge in [-0.1, -0.05) is 44.5 Å². The van der Waals surface area contributed by atoms with E-state index in [1.165, 1.54) is 12.8 Å². The van der Waals surface area contributed by atoms with Crippen LogP contribution in [0.15, 0.2) is 24.3 Å². The van der Waals surface area contributed by atoms with E-state index in [2.05, 4.69) is 25.7 Å². The number of halogens is 1. The van der Waals surface area contributed by atoms with Crippen molar-refractivity contribution >= 4 is 29.3 Å². The third-order valence-corrected chi connectivity index (χ3v) is 6.53. The molecule has 0 radical (unpaired) electrons. The molecule has 1 amide bonds. The first kappa shape index (κ1) is 19.1. The molecule has 3 rings (SSSR count). The van der Waals surface area contributed by atoms with Gasteiger partial charge in [-0.15, -0.1) is 0 Å². The molecule has 0 aromatic heterocycles. The van der Waals surface area contributed by atoms with Crippen molar-refractivity contribution in [1.29, 1.82) is 0 Å². The topological polar surface area (TPSA) is 29.5 Å². The molecule has 1 heterocycles. The number of carbonyl (C=O) groups excluding carboxylic acids is 1.